The molecule has 3 rings (SSSR count). The van der Waals surface area contributed by atoms with E-state index in [0.717, 1.165) is 16.5 Å². The van der Waals surface area contributed by atoms with Gasteiger partial charge in [-0.05, 0) is 63.1 Å². The Labute approximate surface area is 180 Å². The van der Waals surface area contributed by atoms with Gasteiger partial charge in [-0.25, -0.2) is 4.79 Å². The number of aryl methyl sites for hydroxylation is 1. The third kappa shape index (κ3) is 5.57. The molecule has 0 aliphatic heterocycles. The number of benzene rings is 2. The lowest BCUT2D eigenvalue weighted by Crippen LogP contribution is -2.31. The quantitative estimate of drug-likeness (QED) is 0.518. The molecule has 0 aliphatic carbocycles. The van der Waals surface area contributed by atoms with Crippen LogP contribution in [0.15, 0.2) is 51.7 Å². The zero-order chi connectivity index (χ0) is 22.4. The number of rotatable bonds is 9. The average Bonchev–Trinajstić information content (AvgIpc) is 2.73. The molecule has 7 nitrogen and oxygen atoms in total. The maximum Gasteiger partial charge on any atom is 0.336 e. The van der Waals surface area contributed by atoms with Crippen LogP contribution in [0, 0.1) is 6.92 Å². The van der Waals surface area contributed by atoms with E-state index in [-0.39, 0.29) is 18.6 Å². The normalized spacial score (nSPS) is 11.7. The van der Waals surface area contributed by atoms with Crippen LogP contribution in [0.2, 0.25) is 0 Å². The number of fused-ring (bicyclic) bond motifs is 1. The molecule has 2 aromatic carbocycles. The SMILES string of the molecule is CCOc1ccc([C@H](C)NC(=O)COc2ccc3c(C)cc(=O)oc3c2)cc1OCC. The number of ether oxygens (including phenoxy) is 3. The Morgan fingerprint density at radius 1 is 1.00 bits per heavy atom. The van der Waals surface area contributed by atoms with Crippen LogP contribution in [0.5, 0.6) is 17.2 Å². The van der Waals surface area contributed by atoms with Crippen molar-refractivity contribution in [3.8, 4) is 17.2 Å². The van der Waals surface area contributed by atoms with Crippen LogP contribution in [0.25, 0.3) is 11.0 Å². The van der Waals surface area contributed by atoms with Crippen LogP contribution >= 0.6 is 0 Å². The fourth-order valence-corrected chi connectivity index (χ4v) is 3.25. The summed E-state index contributed by atoms with van der Waals surface area (Å²) < 4.78 is 22.0. The highest BCUT2D eigenvalue weighted by atomic mass is 16.5. The van der Waals surface area contributed by atoms with E-state index in [2.05, 4.69) is 5.32 Å². The highest BCUT2D eigenvalue weighted by Gasteiger charge is 2.14. The Balaban J connectivity index is 1.63. The molecule has 0 radical (unpaired) electrons. The molecule has 0 saturated heterocycles. The lowest BCUT2D eigenvalue weighted by Gasteiger charge is -2.17. The second kappa shape index (κ2) is 10.0. The largest absolute Gasteiger partial charge is 0.490 e. The van der Waals surface area contributed by atoms with Crippen molar-refractivity contribution in [1.29, 1.82) is 0 Å². The van der Waals surface area contributed by atoms with E-state index in [9.17, 15) is 9.59 Å². The fraction of sp³-hybridized carbons (Fsp3) is 0.333. The third-order valence-corrected chi connectivity index (χ3v) is 4.74. The lowest BCUT2D eigenvalue weighted by molar-refractivity contribution is -0.123. The maximum atomic E-state index is 12.4. The number of hydrogen-bond acceptors (Lipinski definition) is 6. The van der Waals surface area contributed by atoms with Gasteiger partial charge in [-0.1, -0.05) is 6.07 Å². The number of hydrogen-bond donors (Lipinski definition) is 1. The van der Waals surface area contributed by atoms with Gasteiger partial charge in [-0.2, -0.15) is 0 Å². The Morgan fingerprint density at radius 2 is 1.74 bits per heavy atom. The van der Waals surface area contributed by atoms with Crippen molar-refractivity contribution < 1.29 is 23.4 Å². The van der Waals surface area contributed by atoms with Crippen LogP contribution in [-0.4, -0.2) is 25.7 Å². The van der Waals surface area contributed by atoms with Crippen molar-refractivity contribution in [2.75, 3.05) is 19.8 Å². The van der Waals surface area contributed by atoms with E-state index in [1.165, 1.54) is 6.07 Å². The maximum absolute atomic E-state index is 12.4. The zero-order valence-electron chi connectivity index (χ0n) is 18.2. The van der Waals surface area contributed by atoms with Crippen molar-refractivity contribution in [3.63, 3.8) is 0 Å². The first-order valence-corrected chi connectivity index (χ1v) is 10.3. The molecule has 1 amide bonds. The van der Waals surface area contributed by atoms with Gasteiger partial charge in [0.2, 0.25) is 0 Å². The summed E-state index contributed by atoms with van der Waals surface area (Å²) in [4.78, 5) is 24.0. The molecule has 1 atom stereocenters. The van der Waals surface area contributed by atoms with E-state index in [4.69, 9.17) is 18.6 Å². The number of carbonyl (C=O) groups is 1. The van der Waals surface area contributed by atoms with Gasteiger partial charge >= 0.3 is 5.63 Å². The van der Waals surface area contributed by atoms with Gasteiger partial charge in [0, 0.05) is 17.5 Å². The Bertz CT molecular complexity index is 1120. The summed E-state index contributed by atoms with van der Waals surface area (Å²) in [5.41, 5.74) is 1.72. The number of amides is 1. The van der Waals surface area contributed by atoms with Gasteiger partial charge in [0.05, 0.1) is 19.3 Å². The van der Waals surface area contributed by atoms with Crippen molar-refractivity contribution >= 4 is 16.9 Å². The van der Waals surface area contributed by atoms with Gasteiger partial charge in [0.25, 0.3) is 5.91 Å². The van der Waals surface area contributed by atoms with E-state index in [0.29, 0.717) is 36.0 Å². The molecule has 0 saturated carbocycles. The summed E-state index contributed by atoms with van der Waals surface area (Å²) in [6, 6.07) is 12.0. The molecule has 1 heterocycles. The summed E-state index contributed by atoms with van der Waals surface area (Å²) in [6.45, 7) is 8.44. The molecule has 1 N–H and O–H groups in total. The van der Waals surface area contributed by atoms with Crippen molar-refractivity contribution in [1.82, 2.24) is 5.32 Å². The molecule has 31 heavy (non-hydrogen) atoms. The predicted molar refractivity (Wildman–Crippen MR) is 118 cm³/mol. The van der Waals surface area contributed by atoms with Crippen LogP contribution in [0.4, 0.5) is 0 Å². The molecule has 0 bridgehead atoms. The fourth-order valence-electron chi connectivity index (χ4n) is 3.25. The molecule has 7 heteroatoms. The van der Waals surface area contributed by atoms with Crippen molar-refractivity contribution in [3.05, 3.63) is 64.0 Å². The summed E-state index contributed by atoms with van der Waals surface area (Å²) in [5.74, 6) is 1.49. The molecule has 0 aliphatic rings. The Hall–Kier alpha value is -3.48. The smallest absolute Gasteiger partial charge is 0.336 e. The highest BCUT2D eigenvalue weighted by molar-refractivity contribution is 5.82. The van der Waals surface area contributed by atoms with E-state index >= 15 is 0 Å². The molecule has 3 aromatic rings. The van der Waals surface area contributed by atoms with Crippen molar-refractivity contribution in [2.45, 2.75) is 33.7 Å². The topological polar surface area (TPSA) is 87.0 Å². The van der Waals surface area contributed by atoms with E-state index in [1.807, 2.05) is 45.9 Å². The summed E-state index contributed by atoms with van der Waals surface area (Å²) >= 11 is 0. The predicted octanol–water partition coefficient (Wildman–Crippen LogP) is 4.16. The number of carbonyl (C=O) groups excluding carboxylic acids is 1. The highest BCUT2D eigenvalue weighted by Crippen LogP contribution is 2.30. The van der Waals surface area contributed by atoms with Crippen molar-refractivity contribution in [2.24, 2.45) is 0 Å². The molecule has 0 unspecified atom stereocenters. The standard InChI is InChI=1S/C24H27NO6/c1-5-28-20-10-7-17(12-22(20)29-6-2)16(4)25-23(26)14-30-18-8-9-19-15(3)11-24(27)31-21(19)13-18/h7-13,16H,5-6,14H2,1-4H3,(H,25,26)/t16-/m0/s1. The minimum absolute atomic E-state index is 0.165. The van der Waals surface area contributed by atoms with Crippen LogP contribution in [0.3, 0.4) is 0 Å². The first-order chi connectivity index (χ1) is 14.9. The van der Waals surface area contributed by atoms with Crippen LogP contribution in [-0.2, 0) is 4.79 Å². The summed E-state index contributed by atoms with van der Waals surface area (Å²) in [5, 5.41) is 3.73. The molecular weight excluding hydrogens is 398 g/mol. The van der Waals surface area contributed by atoms with Gasteiger partial charge in [0.15, 0.2) is 18.1 Å². The zero-order valence-corrected chi connectivity index (χ0v) is 18.2. The average molecular weight is 425 g/mol. The second-order valence-corrected chi connectivity index (χ2v) is 7.06. The Morgan fingerprint density at radius 3 is 2.48 bits per heavy atom. The van der Waals surface area contributed by atoms with E-state index in [1.54, 1.807) is 18.2 Å². The number of nitrogens with one attached hydrogen (secondary N) is 1. The molecular formula is C24H27NO6. The molecule has 0 fully saturated rings. The Kier molecular flexibility index (Phi) is 7.18. The summed E-state index contributed by atoms with van der Waals surface area (Å²) in [6.07, 6.45) is 0. The van der Waals surface area contributed by atoms with E-state index < -0.39 is 5.63 Å². The molecule has 1 aromatic heterocycles. The monoisotopic (exact) mass is 425 g/mol. The third-order valence-electron chi connectivity index (χ3n) is 4.74. The van der Waals surface area contributed by atoms with Gasteiger partial charge in [-0.15, -0.1) is 0 Å². The van der Waals surface area contributed by atoms with Gasteiger partial charge in [-0.3, -0.25) is 4.79 Å². The van der Waals surface area contributed by atoms with Crippen LogP contribution < -0.4 is 25.2 Å². The molecule has 164 valence electrons. The lowest BCUT2D eigenvalue weighted by atomic mass is 10.1. The first-order valence-electron chi connectivity index (χ1n) is 10.3. The first kappa shape index (κ1) is 22.2. The molecule has 0 spiro atoms. The van der Waals surface area contributed by atoms with Gasteiger partial charge in [0.1, 0.15) is 11.3 Å². The minimum atomic E-state index is -0.421. The second-order valence-electron chi connectivity index (χ2n) is 7.06. The van der Waals surface area contributed by atoms with Gasteiger partial charge < -0.3 is 23.9 Å². The minimum Gasteiger partial charge on any atom is -0.490 e. The van der Waals surface area contributed by atoms with Crippen LogP contribution in [0.1, 0.15) is 37.9 Å². The summed E-state index contributed by atoms with van der Waals surface area (Å²) in [7, 11) is 0.